The molecule has 4 rings (SSSR count). The van der Waals surface area contributed by atoms with Gasteiger partial charge in [0.15, 0.2) is 0 Å². The first-order valence-corrected chi connectivity index (χ1v) is 9.98. The highest BCUT2D eigenvalue weighted by molar-refractivity contribution is 5.96. The van der Waals surface area contributed by atoms with Crippen LogP contribution in [-0.4, -0.2) is 60.7 Å². The summed E-state index contributed by atoms with van der Waals surface area (Å²) in [6.45, 7) is 9.35. The maximum atomic E-state index is 12.9. The highest BCUT2D eigenvalue weighted by atomic mass is 16.6. The number of rotatable bonds is 3. The molecule has 2 aliphatic heterocycles. The fourth-order valence-electron chi connectivity index (χ4n) is 3.94. The molecule has 7 nitrogen and oxygen atoms in total. The Labute approximate surface area is 170 Å². The predicted molar refractivity (Wildman–Crippen MR) is 112 cm³/mol. The maximum absolute atomic E-state index is 12.9. The summed E-state index contributed by atoms with van der Waals surface area (Å²) in [6, 6.07) is 9.32. The smallest absolute Gasteiger partial charge is 0.414 e. The van der Waals surface area contributed by atoms with Gasteiger partial charge in [-0.05, 0) is 56.2 Å². The number of amides is 2. The number of hydrogen-bond donors (Lipinski definition) is 0. The molecule has 1 atom stereocenters. The third kappa shape index (κ3) is 3.90. The molecule has 1 aromatic carbocycles. The summed E-state index contributed by atoms with van der Waals surface area (Å²) >= 11 is 0. The van der Waals surface area contributed by atoms with Crippen molar-refractivity contribution in [3.63, 3.8) is 0 Å². The minimum Gasteiger partial charge on any atom is -0.444 e. The SMILES string of the molecule is Cc1cnc(N2CCN(C(=O)c3ccc(N4C[C@H](C)OC4=O)cc3)CC2)c(C)c1. The summed E-state index contributed by atoms with van der Waals surface area (Å²) in [7, 11) is 0. The lowest BCUT2D eigenvalue weighted by Gasteiger charge is -2.36. The van der Waals surface area contributed by atoms with E-state index in [0.717, 1.165) is 35.7 Å². The normalized spacial score (nSPS) is 19.5. The van der Waals surface area contributed by atoms with Gasteiger partial charge in [0.05, 0.1) is 6.54 Å². The molecule has 2 saturated heterocycles. The van der Waals surface area contributed by atoms with E-state index in [9.17, 15) is 9.59 Å². The molecule has 2 aliphatic rings. The summed E-state index contributed by atoms with van der Waals surface area (Å²) in [5, 5.41) is 0. The lowest BCUT2D eigenvalue weighted by atomic mass is 10.1. The molecule has 0 unspecified atom stereocenters. The average Bonchev–Trinajstić information content (AvgIpc) is 3.06. The van der Waals surface area contributed by atoms with Crippen LogP contribution in [0.5, 0.6) is 0 Å². The van der Waals surface area contributed by atoms with E-state index < -0.39 is 0 Å². The molecule has 0 N–H and O–H groups in total. The monoisotopic (exact) mass is 394 g/mol. The van der Waals surface area contributed by atoms with E-state index in [-0.39, 0.29) is 18.1 Å². The number of piperazine rings is 1. The number of hydrogen-bond acceptors (Lipinski definition) is 5. The van der Waals surface area contributed by atoms with Crippen LogP contribution >= 0.6 is 0 Å². The molecular formula is C22H26N4O3. The second-order valence-electron chi connectivity index (χ2n) is 7.78. The van der Waals surface area contributed by atoms with E-state index in [0.29, 0.717) is 25.2 Å². The topological polar surface area (TPSA) is 66.0 Å². The van der Waals surface area contributed by atoms with E-state index >= 15 is 0 Å². The molecule has 0 spiro atoms. The molecule has 2 amide bonds. The quantitative estimate of drug-likeness (QED) is 0.801. The lowest BCUT2D eigenvalue weighted by molar-refractivity contribution is 0.0746. The number of cyclic esters (lactones) is 1. The summed E-state index contributed by atoms with van der Waals surface area (Å²) in [6.07, 6.45) is 1.43. The Bertz CT molecular complexity index is 920. The standard InChI is InChI=1S/C22H26N4O3/c1-15-12-16(2)20(23-13-15)24-8-10-25(11-9-24)21(27)18-4-6-19(7-5-18)26-14-17(3)29-22(26)28/h4-7,12-13,17H,8-11,14H2,1-3H3/t17-/m0/s1. The van der Waals surface area contributed by atoms with E-state index in [1.165, 1.54) is 0 Å². The zero-order valence-electron chi connectivity index (χ0n) is 17.1. The van der Waals surface area contributed by atoms with Gasteiger partial charge in [-0.25, -0.2) is 9.78 Å². The average molecular weight is 394 g/mol. The summed E-state index contributed by atoms with van der Waals surface area (Å²) in [5.41, 5.74) is 3.70. The number of pyridine rings is 1. The van der Waals surface area contributed by atoms with Gasteiger partial charge in [-0.2, -0.15) is 0 Å². The number of aromatic nitrogens is 1. The predicted octanol–water partition coefficient (Wildman–Crippen LogP) is 3.01. The molecule has 29 heavy (non-hydrogen) atoms. The molecule has 0 saturated carbocycles. The van der Waals surface area contributed by atoms with Crippen molar-refractivity contribution in [2.24, 2.45) is 0 Å². The van der Waals surface area contributed by atoms with Crippen molar-refractivity contribution >= 4 is 23.5 Å². The van der Waals surface area contributed by atoms with Crippen molar-refractivity contribution < 1.29 is 14.3 Å². The van der Waals surface area contributed by atoms with Gasteiger partial charge in [-0.1, -0.05) is 6.07 Å². The van der Waals surface area contributed by atoms with E-state index in [4.69, 9.17) is 4.74 Å². The number of ether oxygens (including phenoxy) is 1. The first-order chi connectivity index (χ1) is 13.9. The minimum atomic E-state index is -0.340. The molecule has 0 radical (unpaired) electrons. The van der Waals surface area contributed by atoms with Crippen molar-refractivity contribution in [3.8, 4) is 0 Å². The van der Waals surface area contributed by atoms with Crippen LogP contribution in [0.25, 0.3) is 0 Å². The maximum Gasteiger partial charge on any atom is 0.414 e. The molecule has 2 fully saturated rings. The first kappa shape index (κ1) is 19.2. The van der Waals surface area contributed by atoms with Crippen LogP contribution in [0.15, 0.2) is 36.5 Å². The molecule has 2 aromatic rings. The van der Waals surface area contributed by atoms with Crippen LogP contribution in [-0.2, 0) is 4.74 Å². The van der Waals surface area contributed by atoms with Crippen LogP contribution < -0.4 is 9.80 Å². The molecular weight excluding hydrogens is 368 g/mol. The summed E-state index contributed by atoms with van der Waals surface area (Å²) < 4.78 is 5.16. The van der Waals surface area contributed by atoms with Gasteiger partial charge in [-0.15, -0.1) is 0 Å². The van der Waals surface area contributed by atoms with Crippen LogP contribution in [0.2, 0.25) is 0 Å². The fourth-order valence-corrected chi connectivity index (χ4v) is 3.94. The van der Waals surface area contributed by atoms with E-state index in [2.05, 4.69) is 22.9 Å². The molecule has 0 aliphatic carbocycles. The van der Waals surface area contributed by atoms with Gasteiger partial charge >= 0.3 is 6.09 Å². The zero-order valence-corrected chi connectivity index (χ0v) is 17.1. The Kier molecular flexibility index (Phi) is 5.13. The van der Waals surface area contributed by atoms with Gasteiger partial charge in [-0.3, -0.25) is 9.69 Å². The van der Waals surface area contributed by atoms with E-state index in [1.54, 1.807) is 17.0 Å². The Morgan fingerprint density at radius 1 is 1.10 bits per heavy atom. The number of anilines is 2. The van der Waals surface area contributed by atoms with Gasteiger partial charge in [0, 0.05) is 43.6 Å². The second-order valence-corrected chi connectivity index (χ2v) is 7.78. The van der Waals surface area contributed by atoms with Crippen molar-refractivity contribution in [2.45, 2.75) is 26.9 Å². The molecule has 152 valence electrons. The van der Waals surface area contributed by atoms with Crippen molar-refractivity contribution in [2.75, 3.05) is 42.5 Å². The van der Waals surface area contributed by atoms with Crippen LogP contribution in [0.4, 0.5) is 16.3 Å². The summed E-state index contributed by atoms with van der Waals surface area (Å²) in [4.78, 5) is 35.0. The number of nitrogens with zero attached hydrogens (tertiary/aromatic N) is 4. The largest absolute Gasteiger partial charge is 0.444 e. The Balaban J connectivity index is 1.39. The van der Waals surface area contributed by atoms with Crippen molar-refractivity contribution in [3.05, 3.63) is 53.2 Å². The number of carbonyl (C=O) groups is 2. The second kappa shape index (κ2) is 7.73. The van der Waals surface area contributed by atoms with Crippen molar-refractivity contribution in [1.82, 2.24) is 9.88 Å². The number of aryl methyl sites for hydroxylation is 2. The molecule has 0 bridgehead atoms. The third-order valence-corrected chi connectivity index (χ3v) is 5.44. The minimum absolute atomic E-state index is 0.0159. The molecule has 3 heterocycles. The highest BCUT2D eigenvalue weighted by Crippen LogP contribution is 2.23. The van der Waals surface area contributed by atoms with Gasteiger partial charge in [0.25, 0.3) is 5.91 Å². The van der Waals surface area contributed by atoms with Crippen LogP contribution in [0, 0.1) is 13.8 Å². The highest BCUT2D eigenvalue weighted by Gasteiger charge is 2.29. The fraction of sp³-hybridized carbons (Fsp3) is 0.409. The molecule has 1 aromatic heterocycles. The summed E-state index contributed by atoms with van der Waals surface area (Å²) in [5.74, 6) is 1.01. The zero-order chi connectivity index (χ0) is 20.5. The van der Waals surface area contributed by atoms with E-state index in [1.807, 2.05) is 37.1 Å². The number of benzene rings is 1. The Hall–Kier alpha value is -3.09. The molecule has 7 heteroatoms. The Morgan fingerprint density at radius 2 is 1.79 bits per heavy atom. The van der Waals surface area contributed by atoms with Crippen LogP contribution in [0.3, 0.4) is 0 Å². The third-order valence-electron chi connectivity index (χ3n) is 5.44. The lowest BCUT2D eigenvalue weighted by Crippen LogP contribution is -2.49. The number of carbonyl (C=O) groups excluding carboxylic acids is 2. The van der Waals surface area contributed by atoms with Gasteiger partial charge in [0.1, 0.15) is 11.9 Å². The van der Waals surface area contributed by atoms with Gasteiger partial charge < -0.3 is 14.5 Å². The Morgan fingerprint density at radius 3 is 2.38 bits per heavy atom. The van der Waals surface area contributed by atoms with Crippen molar-refractivity contribution in [1.29, 1.82) is 0 Å². The van der Waals surface area contributed by atoms with Crippen LogP contribution in [0.1, 0.15) is 28.4 Å². The van der Waals surface area contributed by atoms with Gasteiger partial charge in [0.2, 0.25) is 0 Å². The first-order valence-electron chi connectivity index (χ1n) is 9.98.